The van der Waals surface area contributed by atoms with Gasteiger partial charge in [0.25, 0.3) is 5.91 Å². The van der Waals surface area contributed by atoms with Crippen molar-refractivity contribution in [1.29, 1.82) is 0 Å². The van der Waals surface area contributed by atoms with Gasteiger partial charge in [-0.05, 0) is 55.3 Å². The number of piperazine rings is 1. The number of rotatable bonds is 5. The first-order chi connectivity index (χ1) is 15.4. The zero-order chi connectivity index (χ0) is 22.7. The second-order valence-corrected chi connectivity index (χ2v) is 9.91. The highest BCUT2D eigenvalue weighted by Crippen LogP contribution is 2.23. The lowest BCUT2D eigenvalue weighted by atomic mass is 10.1. The molecule has 3 aromatic rings. The fraction of sp³-hybridized carbons (Fsp3) is 0.240. The van der Waals surface area contributed by atoms with Gasteiger partial charge in [-0.25, -0.2) is 8.42 Å². The minimum atomic E-state index is -3.69. The van der Waals surface area contributed by atoms with Crippen LogP contribution in [-0.2, 0) is 10.0 Å². The molecule has 0 radical (unpaired) electrons. The van der Waals surface area contributed by atoms with Crippen molar-refractivity contribution in [2.75, 3.05) is 36.4 Å². The molecule has 0 bridgehead atoms. The Kier molecular flexibility index (Phi) is 6.30. The van der Waals surface area contributed by atoms with Crippen LogP contribution in [0.4, 0.5) is 11.4 Å². The molecule has 0 unspecified atom stereocenters. The number of hydrogen-bond donors (Lipinski definition) is 1. The third-order valence-electron chi connectivity index (χ3n) is 5.81. The average Bonchev–Trinajstić information content (AvgIpc) is 2.82. The maximum Gasteiger partial charge on any atom is 0.255 e. The van der Waals surface area contributed by atoms with Gasteiger partial charge >= 0.3 is 0 Å². The summed E-state index contributed by atoms with van der Waals surface area (Å²) in [6, 6.07) is 22.0. The Morgan fingerprint density at radius 1 is 0.812 bits per heavy atom. The van der Waals surface area contributed by atoms with Crippen molar-refractivity contribution in [3.05, 3.63) is 89.5 Å². The van der Waals surface area contributed by atoms with E-state index in [1.54, 1.807) is 18.2 Å². The molecule has 0 aliphatic carbocycles. The Labute approximate surface area is 189 Å². The van der Waals surface area contributed by atoms with Crippen LogP contribution >= 0.6 is 0 Å². The molecule has 1 aliphatic rings. The summed E-state index contributed by atoms with van der Waals surface area (Å²) in [4.78, 5) is 15.2. The summed E-state index contributed by atoms with van der Waals surface area (Å²) < 4.78 is 28.0. The minimum absolute atomic E-state index is 0.139. The van der Waals surface area contributed by atoms with Gasteiger partial charge in [0.1, 0.15) is 0 Å². The van der Waals surface area contributed by atoms with E-state index < -0.39 is 10.0 Å². The summed E-state index contributed by atoms with van der Waals surface area (Å²) in [5.74, 6) is -0.326. The smallest absolute Gasteiger partial charge is 0.255 e. The fourth-order valence-electron chi connectivity index (χ4n) is 3.97. The van der Waals surface area contributed by atoms with Gasteiger partial charge in [0.15, 0.2) is 0 Å². The van der Waals surface area contributed by atoms with Crippen LogP contribution in [0, 0.1) is 13.8 Å². The highest BCUT2D eigenvalue weighted by Gasteiger charge is 2.29. The van der Waals surface area contributed by atoms with Crippen molar-refractivity contribution in [3.63, 3.8) is 0 Å². The molecule has 6 nitrogen and oxygen atoms in total. The summed E-state index contributed by atoms with van der Waals surface area (Å²) in [6.45, 7) is 5.90. The van der Waals surface area contributed by atoms with Gasteiger partial charge in [-0.2, -0.15) is 4.31 Å². The Hall–Kier alpha value is -3.16. The molecule has 1 fully saturated rings. The van der Waals surface area contributed by atoms with E-state index >= 15 is 0 Å². The number of benzene rings is 3. The van der Waals surface area contributed by atoms with Crippen LogP contribution in [-0.4, -0.2) is 44.8 Å². The molecule has 1 N–H and O–H groups in total. The highest BCUT2D eigenvalue weighted by molar-refractivity contribution is 7.89. The van der Waals surface area contributed by atoms with Crippen molar-refractivity contribution < 1.29 is 13.2 Å². The van der Waals surface area contributed by atoms with Crippen LogP contribution in [0.15, 0.2) is 77.7 Å². The van der Waals surface area contributed by atoms with Crippen LogP contribution < -0.4 is 10.2 Å². The quantitative estimate of drug-likeness (QED) is 0.638. The van der Waals surface area contributed by atoms with Gasteiger partial charge in [-0.1, -0.05) is 42.5 Å². The van der Waals surface area contributed by atoms with Crippen molar-refractivity contribution in [2.24, 2.45) is 0 Å². The highest BCUT2D eigenvalue weighted by atomic mass is 32.2. The van der Waals surface area contributed by atoms with Gasteiger partial charge in [0, 0.05) is 43.1 Å². The van der Waals surface area contributed by atoms with Gasteiger partial charge < -0.3 is 10.2 Å². The molecule has 0 aromatic heterocycles. The normalized spacial score (nSPS) is 14.9. The van der Waals surface area contributed by atoms with Gasteiger partial charge in [0.05, 0.1) is 4.90 Å². The van der Waals surface area contributed by atoms with Crippen LogP contribution in [0.25, 0.3) is 0 Å². The average molecular weight is 450 g/mol. The lowest BCUT2D eigenvalue weighted by Crippen LogP contribution is -2.48. The lowest BCUT2D eigenvalue weighted by molar-refractivity contribution is 0.102. The topological polar surface area (TPSA) is 69.7 Å². The molecule has 1 heterocycles. The number of carbonyl (C=O) groups is 1. The van der Waals surface area contributed by atoms with Gasteiger partial charge in [0.2, 0.25) is 10.0 Å². The second-order valence-electron chi connectivity index (χ2n) is 7.98. The number of nitrogens with one attached hydrogen (secondary N) is 1. The van der Waals surface area contributed by atoms with E-state index in [9.17, 15) is 13.2 Å². The monoisotopic (exact) mass is 449 g/mol. The molecule has 1 saturated heterocycles. The zero-order valence-corrected chi connectivity index (χ0v) is 19.1. The summed E-state index contributed by atoms with van der Waals surface area (Å²) in [6.07, 6.45) is 0. The first-order valence-corrected chi connectivity index (χ1v) is 12.1. The third-order valence-corrected chi connectivity index (χ3v) is 7.71. The van der Waals surface area contributed by atoms with E-state index in [0.717, 1.165) is 22.5 Å². The molecule has 1 amide bonds. The SMILES string of the molecule is Cc1cccc(C)c1NC(=O)c1cccc(S(=O)(=O)N2CCN(c3ccccc3)CC2)c1. The number of carbonyl (C=O) groups excluding carboxylic acids is 1. The van der Waals surface area contributed by atoms with E-state index in [4.69, 9.17) is 0 Å². The second kappa shape index (κ2) is 9.14. The van der Waals surface area contributed by atoms with E-state index in [-0.39, 0.29) is 10.8 Å². The zero-order valence-electron chi connectivity index (χ0n) is 18.3. The molecule has 0 spiro atoms. The molecule has 0 atom stereocenters. The van der Waals surface area contributed by atoms with Gasteiger partial charge in [-0.15, -0.1) is 0 Å². The first kappa shape index (κ1) is 22.0. The molecular weight excluding hydrogens is 422 g/mol. The molecule has 1 aliphatic heterocycles. The first-order valence-electron chi connectivity index (χ1n) is 10.6. The van der Waals surface area contributed by atoms with Crippen LogP contribution in [0.5, 0.6) is 0 Å². The maximum absolute atomic E-state index is 13.2. The Bertz CT molecular complexity index is 1200. The standard InChI is InChI=1S/C25H27N3O3S/c1-19-8-6-9-20(2)24(19)26-25(29)21-10-7-13-23(18-21)32(30,31)28-16-14-27(15-17-28)22-11-4-3-5-12-22/h3-13,18H,14-17H2,1-2H3,(H,26,29). The number of amides is 1. The number of aryl methyl sites for hydroxylation is 2. The van der Waals surface area contributed by atoms with E-state index in [1.807, 2.05) is 62.4 Å². The molecule has 7 heteroatoms. The minimum Gasteiger partial charge on any atom is -0.369 e. The summed E-state index contributed by atoms with van der Waals surface area (Å²) in [5, 5.41) is 2.92. The maximum atomic E-state index is 13.2. The van der Waals surface area contributed by atoms with E-state index in [1.165, 1.54) is 10.4 Å². The number of para-hydroxylation sites is 2. The molecule has 32 heavy (non-hydrogen) atoms. The number of hydrogen-bond acceptors (Lipinski definition) is 4. The predicted molar refractivity (Wildman–Crippen MR) is 128 cm³/mol. The fourth-order valence-corrected chi connectivity index (χ4v) is 5.44. The molecule has 4 rings (SSSR count). The Morgan fingerprint density at radius 3 is 2.09 bits per heavy atom. The third kappa shape index (κ3) is 4.54. The molecule has 0 saturated carbocycles. The van der Waals surface area contributed by atoms with Crippen LogP contribution in [0.3, 0.4) is 0 Å². The molecule has 166 valence electrons. The van der Waals surface area contributed by atoms with Crippen molar-refractivity contribution in [1.82, 2.24) is 4.31 Å². The van der Waals surface area contributed by atoms with Crippen LogP contribution in [0.2, 0.25) is 0 Å². The number of anilines is 2. The van der Waals surface area contributed by atoms with Crippen molar-refractivity contribution in [3.8, 4) is 0 Å². The molecule has 3 aromatic carbocycles. The number of sulfonamides is 1. The lowest BCUT2D eigenvalue weighted by Gasteiger charge is -2.35. The summed E-state index contributed by atoms with van der Waals surface area (Å²) >= 11 is 0. The van der Waals surface area contributed by atoms with E-state index in [2.05, 4.69) is 10.2 Å². The Morgan fingerprint density at radius 2 is 1.44 bits per heavy atom. The number of nitrogens with zero attached hydrogens (tertiary/aromatic N) is 2. The van der Waals surface area contributed by atoms with Crippen molar-refractivity contribution >= 4 is 27.3 Å². The van der Waals surface area contributed by atoms with Crippen LogP contribution in [0.1, 0.15) is 21.5 Å². The largest absolute Gasteiger partial charge is 0.369 e. The predicted octanol–water partition coefficient (Wildman–Crippen LogP) is 4.07. The van der Waals surface area contributed by atoms with E-state index in [0.29, 0.717) is 31.7 Å². The summed E-state index contributed by atoms with van der Waals surface area (Å²) in [5.41, 5.74) is 4.07. The van der Waals surface area contributed by atoms with Gasteiger partial charge in [-0.3, -0.25) is 4.79 Å². The summed E-state index contributed by atoms with van der Waals surface area (Å²) in [7, 11) is -3.69. The van der Waals surface area contributed by atoms with Crippen molar-refractivity contribution in [2.45, 2.75) is 18.7 Å². The Balaban J connectivity index is 1.49. The molecular formula is C25H27N3O3S.